The van der Waals surface area contributed by atoms with Crippen LogP contribution in [-0.4, -0.2) is 23.9 Å². The number of fused-ring (bicyclic) bond motifs is 1. The lowest BCUT2D eigenvalue weighted by atomic mass is 10.2. The molecule has 0 fully saturated rings. The number of para-hydroxylation sites is 2. The van der Waals surface area contributed by atoms with Gasteiger partial charge in [-0.2, -0.15) is 8.78 Å². The Labute approximate surface area is 102 Å². The third-order valence-electron chi connectivity index (χ3n) is 2.78. The fraction of sp³-hybridized carbons (Fsp3) is 0.273. The van der Waals surface area contributed by atoms with E-state index < -0.39 is 12.3 Å². The first-order valence-corrected chi connectivity index (χ1v) is 5.36. The highest BCUT2D eigenvalue weighted by Gasteiger charge is 2.28. The Morgan fingerprint density at radius 1 is 1.22 bits per heavy atom. The van der Waals surface area contributed by atoms with Crippen LogP contribution in [0.15, 0.2) is 28.7 Å². The molecule has 3 rings (SSSR count). The van der Waals surface area contributed by atoms with Gasteiger partial charge in [-0.1, -0.05) is 17.2 Å². The van der Waals surface area contributed by atoms with E-state index in [1.807, 2.05) is 36.2 Å². The van der Waals surface area contributed by atoms with Crippen molar-refractivity contribution < 1.29 is 13.2 Å². The molecule has 1 aromatic carbocycles. The molecule has 0 saturated heterocycles. The molecule has 2 heterocycles. The third-order valence-corrected chi connectivity index (χ3v) is 2.78. The van der Waals surface area contributed by atoms with Gasteiger partial charge in [0.05, 0.1) is 18.0 Å². The monoisotopic (exact) mass is 252 g/mol. The molecule has 0 spiro atoms. The van der Waals surface area contributed by atoms with Crippen LogP contribution >= 0.6 is 0 Å². The summed E-state index contributed by atoms with van der Waals surface area (Å²) in [7, 11) is 1.91. The van der Waals surface area contributed by atoms with E-state index in [-0.39, 0.29) is 6.01 Å². The maximum Gasteiger partial charge on any atom is 0.324 e. The molecule has 0 bridgehead atoms. The summed E-state index contributed by atoms with van der Waals surface area (Å²) in [5.74, 6) is -0.656. The Hall–Kier alpha value is -2.18. The summed E-state index contributed by atoms with van der Waals surface area (Å²) in [6.45, 7) is 0.490. The smallest absolute Gasteiger partial charge is 0.324 e. The molecule has 0 radical (unpaired) electrons. The van der Waals surface area contributed by atoms with Crippen molar-refractivity contribution in [3.8, 4) is 0 Å². The van der Waals surface area contributed by atoms with Crippen molar-refractivity contribution in [2.75, 3.05) is 23.5 Å². The molecule has 0 saturated carbocycles. The standard InChI is InChI=1S/C11H10F2N4O/c1-16-6-17(8-5-3-2-4-7(8)16)11-15-14-10(18-11)9(12)13/h2-5,9H,6H2,1H3. The minimum Gasteiger partial charge on any atom is -0.401 e. The third kappa shape index (κ3) is 1.59. The van der Waals surface area contributed by atoms with Crippen LogP contribution in [0, 0.1) is 0 Å². The second-order valence-corrected chi connectivity index (χ2v) is 3.98. The second-order valence-electron chi connectivity index (χ2n) is 3.98. The summed E-state index contributed by atoms with van der Waals surface area (Å²) in [4.78, 5) is 3.68. The van der Waals surface area contributed by atoms with Crippen molar-refractivity contribution >= 4 is 17.4 Å². The van der Waals surface area contributed by atoms with Gasteiger partial charge in [-0.05, 0) is 12.1 Å². The normalized spacial score (nSPS) is 14.4. The highest BCUT2D eigenvalue weighted by Crippen LogP contribution is 2.39. The number of hydrogen-bond acceptors (Lipinski definition) is 5. The van der Waals surface area contributed by atoms with E-state index in [2.05, 4.69) is 10.2 Å². The Balaban J connectivity index is 1.98. The van der Waals surface area contributed by atoms with Crippen LogP contribution in [0.5, 0.6) is 0 Å². The van der Waals surface area contributed by atoms with Gasteiger partial charge in [0.2, 0.25) is 0 Å². The molecule has 0 aliphatic carbocycles. The number of rotatable bonds is 2. The first-order valence-electron chi connectivity index (χ1n) is 5.36. The lowest BCUT2D eigenvalue weighted by Crippen LogP contribution is -2.24. The van der Waals surface area contributed by atoms with Crippen LogP contribution in [0.2, 0.25) is 0 Å². The van der Waals surface area contributed by atoms with Gasteiger partial charge in [0.25, 0.3) is 5.89 Å². The van der Waals surface area contributed by atoms with Gasteiger partial charge >= 0.3 is 12.4 Å². The summed E-state index contributed by atoms with van der Waals surface area (Å²) >= 11 is 0. The topological polar surface area (TPSA) is 45.4 Å². The number of halogens is 2. The molecule has 0 unspecified atom stereocenters. The van der Waals surface area contributed by atoms with E-state index >= 15 is 0 Å². The minimum atomic E-state index is -2.75. The Kier molecular flexibility index (Phi) is 2.39. The number of aromatic nitrogens is 2. The first-order chi connectivity index (χ1) is 8.66. The molecular formula is C11H10F2N4O. The zero-order valence-electron chi connectivity index (χ0n) is 9.55. The molecule has 18 heavy (non-hydrogen) atoms. The summed E-state index contributed by atoms with van der Waals surface area (Å²) in [5.41, 5.74) is 1.86. The molecule has 1 aromatic heterocycles. The summed E-state index contributed by atoms with van der Waals surface area (Å²) < 4.78 is 29.8. The quantitative estimate of drug-likeness (QED) is 0.821. The van der Waals surface area contributed by atoms with E-state index in [1.54, 1.807) is 4.90 Å². The first kappa shape index (κ1) is 10.9. The number of anilines is 3. The predicted octanol–water partition coefficient (Wildman–Crippen LogP) is 2.55. The average molecular weight is 252 g/mol. The van der Waals surface area contributed by atoms with Crippen molar-refractivity contribution in [3.63, 3.8) is 0 Å². The summed E-state index contributed by atoms with van der Waals surface area (Å²) in [5, 5.41) is 6.99. The zero-order chi connectivity index (χ0) is 12.7. The van der Waals surface area contributed by atoms with E-state index in [0.717, 1.165) is 11.4 Å². The van der Waals surface area contributed by atoms with Crippen LogP contribution in [0.25, 0.3) is 0 Å². The Morgan fingerprint density at radius 3 is 2.61 bits per heavy atom. The molecule has 1 aliphatic heterocycles. The Bertz CT molecular complexity index is 572. The van der Waals surface area contributed by atoms with Crippen LogP contribution in [0.3, 0.4) is 0 Å². The summed E-state index contributed by atoms with van der Waals surface area (Å²) in [6.07, 6.45) is -2.75. The molecule has 5 nitrogen and oxygen atoms in total. The van der Waals surface area contributed by atoms with E-state index in [0.29, 0.717) is 6.67 Å². The van der Waals surface area contributed by atoms with Crippen LogP contribution < -0.4 is 9.80 Å². The van der Waals surface area contributed by atoms with Crippen molar-refractivity contribution in [2.24, 2.45) is 0 Å². The Morgan fingerprint density at radius 2 is 1.94 bits per heavy atom. The van der Waals surface area contributed by atoms with E-state index in [4.69, 9.17) is 4.42 Å². The number of nitrogens with zero attached hydrogens (tertiary/aromatic N) is 4. The van der Waals surface area contributed by atoms with Gasteiger partial charge in [0.1, 0.15) is 0 Å². The van der Waals surface area contributed by atoms with Crippen molar-refractivity contribution in [1.29, 1.82) is 0 Å². The highest BCUT2D eigenvalue weighted by molar-refractivity contribution is 5.79. The van der Waals surface area contributed by atoms with Crippen molar-refractivity contribution in [3.05, 3.63) is 30.2 Å². The van der Waals surface area contributed by atoms with Crippen LogP contribution in [-0.2, 0) is 0 Å². The molecule has 0 amide bonds. The number of hydrogen-bond donors (Lipinski definition) is 0. The lowest BCUT2D eigenvalue weighted by molar-refractivity contribution is 0.115. The predicted molar refractivity (Wildman–Crippen MR) is 61.1 cm³/mol. The minimum absolute atomic E-state index is 0.0853. The van der Waals surface area contributed by atoms with E-state index in [1.165, 1.54) is 0 Å². The maximum absolute atomic E-state index is 12.4. The molecule has 94 valence electrons. The molecule has 7 heteroatoms. The summed E-state index contributed by atoms with van der Waals surface area (Å²) in [6, 6.07) is 7.69. The average Bonchev–Trinajstić information content (AvgIpc) is 2.95. The number of alkyl halides is 2. The molecule has 1 aliphatic rings. The van der Waals surface area contributed by atoms with Gasteiger partial charge in [-0.15, -0.1) is 5.10 Å². The van der Waals surface area contributed by atoms with E-state index in [9.17, 15) is 8.78 Å². The molecular weight excluding hydrogens is 242 g/mol. The molecule has 2 aromatic rings. The number of benzene rings is 1. The highest BCUT2D eigenvalue weighted by atomic mass is 19.3. The van der Waals surface area contributed by atoms with Crippen LogP contribution in [0.4, 0.5) is 26.2 Å². The molecule has 0 atom stereocenters. The van der Waals surface area contributed by atoms with Gasteiger partial charge in [0.15, 0.2) is 0 Å². The fourth-order valence-corrected chi connectivity index (χ4v) is 1.97. The SMILES string of the molecule is CN1CN(c2nnc(C(F)F)o2)c2ccccc21. The fourth-order valence-electron chi connectivity index (χ4n) is 1.97. The second kappa shape index (κ2) is 3.94. The lowest BCUT2D eigenvalue weighted by Gasteiger charge is -2.13. The van der Waals surface area contributed by atoms with Crippen LogP contribution in [0.1, 0.15) is 12.3 Å². The largest absolute Gasteiger partial charge is 0.401 e. The maximum atomic E-state index is 12.4. The van der Waals surface area contributed by atoms with Crippen molar-refractivity contribution in [2.45, 2.75) is 6.43 Å². The van der Waals surface area contributed by atoms with Gasteiger partial charge < -0.3 is 9.32 Å². The van der Waals surface area contributed by atoms with Gasteiger partial charge in [0, 0.05) is 7.05 Å². The van der Waals surface area contributed by atoms with Crippen molar-refractivity contribution in [1.82, 2.24) is 10.2 Å². The zero-order valence-corrected chi connectivity index (χ0v) is 9.55. The van der Waals surface area contributed by atoms with Gasteiger partial charge in [-0.3, -0.25) is 4.90 Å². The molecule has 0 N–H and O–H groups in total. The van der Waals surface area contributed by atoms with Gasteiger partial charge in [-0.25, -0.2) is 0 Å².